The summed E-state index contributed by atoms with van der Waals surface area (Å²) in [6.07, 6.45) is 0. The van der Waals surface area contributed by atoms with Gasteiger partial charge in [0, 0.05) is 17.8 Å². The largest absolute Gasteiger partial charge is 0.342 e. The lowest BCUT2D eigenvalue weighted by Crippen LogP contribution is -2.29. The van der Waals surface area contributed by atoms with E-state index in [0.29, 0.717) is 10.7 Å². The number of nitrogens with one attached hydrogen (secondary N) is 1. The zero-order valence-electron chi connectivity index (χ0n) is 13.8. The molecule has 3 aromatic rings. The Balaban J connectivity index is 1.75. The number of halogens is 1. The highest BCUT2D eigenvalue weighted by molar-refractivity contribution is 7.22. The van der Waals surface area contributed by atoms with Crippen molar-refractivity contribution in [1.29, 1.82) is 0 Å². The van der Waals surface area contributed by atoms with Gasteiger partial charge in [0.05, 0.1) is 16.8 Å². The molecule has 0 aliphatic rings. The number of aromatic nitrogens is 1. The van der Waals surface area contributed by atoms with Crippen molar-refractivity contribution >= 4 is 49.9 Å². The number of nitrogens with zero attached hydrogens (tertiary/aromatic N) is 2. The van der Waals surface area contributed by atoms with E-state index in [0.717, 1.165) is 16.2 Å². The number of hydrogen-bond donors (Lipinski definition) is 1. The molecule has 0 unspecified atom stereocenters. The summed E-state index contributed by atoms with van der Waals surface area (Å²) in [5.41, 5.74) is 4.06. The summed E-state index contributed by atoms with van der Waals surface area (Å²) >= 11 is 7.55. The molecule has 0 saturated carbocycles. The summed E-state index contributed by atoms with van der Waals surface area (Å²) in [5.74, 6) is -0.104. The van der Waals surface area contributed by atoms with Gasteiger partial charge >= 0.3 is 0 Å². The van der Waals surface area contributed by atoms with E-state index in [1.165, 1.54) is 10.3 Å². The number of carbonyl (C=O) groups is 1. The third kappa shape index (κ3) is 3.52. The van der Waals surface area contributed by atoms with Crippen molar-refractivity contribution in [2.24, 2.45) is 0 Å². The lowest BCUT2D eigenvalue weighted by Gasteiger charge is -2.15. The normalized spacial score (nSPS) is 10.8. The number of amides is 1. The fourth-order valence-electron chi connectivity index (χ4n) is 2.46. The molecule has 0 radical (unpaired) electrons. The highest BCUT2D eigenvalue weighted by atomic mass is 35.5. The Kier molecular flexibility index (Phi) is 4.73. The van der Waals surface area contributed by atoms with Gasteiger partial charge in [-0.25, -0.2) is 4.98 Å². The molecule has 6 heteroatoms. The summed E-state index contributed by atoms with van der Waals surface area (Å²) in [7, 11) is 1.87. The van der Waals surface area contributed by atoms with Crippen molar-refractivity contribution in [3.05, 3.63) is 52.5 Å². The Morgan fingerprint density at radius 3 is 2.71 bits per heavy atom. The summed E-state index contributed by atoms with van der Waals surface area (Å²) in [6.45, 7) is 4.36. The Morgan fingerprint density at radius 2 is 2.00 bits per heavy atom. The van der Waals surface area contributed by atoms with Crippen molar-refractivity contribution < 1.29 is 4.79 Å². The van der Waals surface area contributed by atoms with Crippen molar-refractivity contribution in [2.75, 3.05) is 23.8 Å². The summed E-state index contributed by atoms with van der Waals surface area (Å²) in [6, 6.07) is 11.3. The molecule has 24 heavy (non-hydrogen) atoms. The van der Waals surface area contributed by atoms with E-state index in [1.807, 2.05) is 18.0 Å². The predicted molar refractivity (Wildman–Crippen MR) is 102 cm³/mol. The van der Waals surface area contributed by atoms with Crippen LogP contribution in [0.25, 0.3) is 10.2 Å². The molecular formula is C18H18ClN3OS. The average Bonchev–Trinajstić information content (AvgIpc) is 2.97. The maximum atomic E-state index is 12.2. The zero-order chi connectivity index (χ0) is 17.3. The number of anilines is 2. The van der Waals surface area contributed by atoms with Crippen LogP contribution in [0.2, 0.25) is 5.02 Å². The topological polar surface area (TPSA) is 45.2 Å². The van der Waals surface area contributed by atoms with Gasteiger partial charge in [0.1, 0.15) is 0 Å². The fourth-order valence-corrected chi connectivity index (χ4v) is 3.72. The molecule has 0 spiro atoms. The minimum absolute atomic E-state index is 0.104. The van der Waals surface area contributed by atoms with Gasteiger partial charge in [0.15, 0.2) is 5.13 Å². The number of rotatable bonds is 4. The van der Waals surface area contributed by atoms with Gasteiger partial charge < -0.3 is 10.2 Å². The number of fused-ring (bicyclic) bond motifs is 1. The zero-order valence-corrected chi connectivity index (χ0v) is 15.3. The molecule has 1 amide bonds. The fraction of sp³-hybridized carbons (Fsp3) is 0.222. The number of aryl methyl sites for hydroxylation is 2. The first-order valence-electron chi connectivity index (χ1n) is 7.57. The van der Waals surface area contributed by atoms with E-state index in [2.05, 4.69) is 31.3 Å². The average molecular weight is 360 g/mol. The lowest BCUT2D eigenvalue weighted by molar-refractivity contribution is -0.114. The molecule has 0 aliphatic carbocycles. The number of carbonyl (C=O) groups excluding carboxylic acids is 1. The molecule has 3 rings (SSSR count). The van der Waals surface area contributed by atoms with Crippen LogP contribution < -0.4 is 10.2 Å². The van der Waals surface area contributed by atoms with Crippen LogP contribution >= 0.6 is 22.9 Å². The van der Waals surface area contributed by atoms with Crippen LogP contribution in [0.4, 0.5) is 10.8 Å². The maximum absolute atomic E-state index is 12.2. The molecule has 1 aromatic heterocycles. The molecule has 1 N–H and O–H groups in total. The standard InChI is InChI=1S/C18H18ClN3OS/c1-11-7-8-12(2)17-16(11)21-18(24-17)22(3)10-15(23)20-14-6-4-5-13(19)9-14/h4-9H,10H2,1-3H3,(H,20,23). The number of hydrogen-bond acceptors (Lipinski definition) is 4. The minimum Gasteiger partial charge on any atom is -0.342 e. The predicted octanol–water partition coefficient (Wildman–Crippen LogP) is 4.64. The van der Waals surface area contributed by atoms with Crippen LogP contribution in [0.3, 0.4) is 0 Å². The SMILES string of the molecule is Cc1ccc(C)c2sc(N(C)CC(=O)Nc3cccc(Cl)c3)nc12. The van der Waals surface area contributed by atoms with Crippen molar-refractivity contribution in [2.45, 2.75) is 13.8 Å². The molecule has 0 aliphatic heterocycles. The van der Waals surface area contributed by atoms with E-state index < -0.39 is 0 Å². The molecule has 0 saturated heterocycles. The van der Waals surface area contributed by atoms with Gasteiger partial charge in [-0.2, -0.15) is 0 Å². The second-order valence-electron chi connectivity index (χ2n) is 5.79. The van der Waals surface area contributed by atoms with E-state index in [1.54, 1.807) is 29.5 Å². The van der Waals surface area contributed by atoms with Gasteiger partial charge in [0.2, 0.25) is 5.91 Å². The number of benzene rings is 2. The summed E-state index contributed by atoms with van der Waals surface area (Å²) in [4.78, 5) is 18.8. The summed E-state index contributed by atoms with van der Waals surface area (Å²) in [5, 5.41) is 4.28. The third-order valence-electron chi connectivity index (χ3n) is 3.75. The van der Waals surface area contributed by atoms with Crippen LogP contribution in [0.5, 0.6) is 0 Å². The van der Waals surface area contributed by atoms with Crippen LogP contribution in [0.1, 0.15) is 11.1 Å². The first kappa shape index (κ1) is 16.7. The first-order valence-corrected chi connectivity index (χ1v) is 8.77. The number of likely N-dealkylation sites (N-methyl/N-ethyl adjacent to an activating group) is 1. The van der Waals surface area contributed by atoms with E-state index in [9.17, 15) is 4.79 Å². The van der Waals surface area contributed by atoms with Gasteiger partial charge in [-0.05, 0) is 43.2 Å². The quantitative estimate of drug-likeness (QED) is 0.738. The van der Waals surface area contributed by atoms with Crippen LogP contribution in [0, 0.1) is 13.8 Å². The molecule has 4 nitrogen and oxygen atoms in total. The van der Waals surface area contributed by atoms with Gasteiger partial charge in [-0.15, -0.1) is 0 Å². The maximum Gasteiger partial charge on any atom is 0.243 e. The van der Waals surface area contributed by atoms with Gasteiger partial charge in [-0.1, -0.05) is 41.1 Å². The number of thiazole rings is 1. The van der Waals surface area contributed by atoms with Crippen molar-refractivity contribution in [3.63, 3.8) is 0 Å². The first-order chi connectivity index (χ1) is 11.4. The molecule has 0 fully saturated rings. The van der Waals surface area contributed by atoms with Gasteiger partial charge in [-0.3, -0.25) is 4.79 Å². The van der Waals surface area contributed by atoms with Crippen molar-refractivity contribution in [1.82, 2.24) is 4.98 Å². The summed E-state index contributed by atoms with van der Waals surface area (Å²) < 4.78 is 1.17. The molecular weight excluding hydrogens is 342 g/mol. The Hall–Kier alpha value is -2.11. The lowest BCUT2D eigenvalue weighted by atomic mass is 10.1. The second kappa shape index (κ2) is 6.79. The van der Waals surface area contributed by atoms with E-state index in [-0.39, 0.29) is 12.5 Å². The Bertz CT molecular complexity index is 867. The Morgan fingerprint density at radius 1 is 1.25 bits per heavy atom. The molecule has 0 bridgehead atoms. The second-order valence-corrected chi connectivity index (χ2v) is 7.20. The monoisotopic (exact) mass is 359 g/mol. The van der Waals surface area contributed by atoms with Crippen LogP contribution in [-0.2, 0) is 4.79 Å². The molecule has 124 valence electrons. The Labute approximate surface area is 150 Å². The highest BCUT2D eigenvalue weighted by Crippen LogP contribution is 2.32. The molecule has 1 heterocycles. The van der Waals surface area contributed by atoms with E-state index >= 15 is 0 Å². The van der Waals surface area contributed by atoms with Crippen molar-refractivity contribution in [3.8, 4) is 0 Å². The van der Waals surface area contributed by atoms with E-state index in [4.69, 9.17) is 16.6 Å². The van der Waals surface area contributed by atoms with Crippen LogP contribution in [-0.4, -0.2) is 24.5 Å². The molecule has 0 atom stereocenters. The minimum atomic E-state index is -0.104. The van der Waals surface area contributed by atoms with Crippen LogP contribution in [0.15, 0.2) is 36.4 Å². The third-order valence-corrected chi connectivity index (χ3v) is 5.29. The molecule has 2 aromatic carbocycles. The highest BCUT2D eigenvalue weighted by Gasteiger charge is 2.14. The van der Waals surface area contributed by atoms with Gasteiger partial charge in [0.25, 0.3) is 0 Å². The smallest absolute Gasteiger partial charge is 0.243 e.